The highest BCUT2D eigenvalue weighted by atomic mass is 32.1. The Labute approximate surface area is 101 Å². The van der Waals surface area contributed by atoms with Gasteiger partial charge in [0.2, 0.25) is 0 Å². The molecule has 8 heteroatoms. The van der Waals surface area contributed by atoms with Crippen LogP contribution >= 0.6 is 11.3 Å². The minimum atomic E-state index is -0.359. The number of nitrogens with one attached hydrogen (secondary N) is 2. The second-order valence-corrected chi connectivity index (χ2v) is 4.78. The van der Waals surface area contributed by atoms with Gasteiger partial charge in [-0.2, -0.15) is 5.21 Å². The van der Waals surface area contributed by atoms with Gasteiger partial charge in [-0.3, -0.25) is 4.79 Å². The van der Waals surface area contributed by atoms with Crippen molar-refractivity contribution < 1.29 is 4.79 Å². The van der Waals surface area contributed by atoms with E-state index in [-0.39, 0.29) is 17.4 Å². The Hall–Kier alpha value is -1.96. The zero-order chi connectivity index (χ0) is 12.4. The lowest BCUT2D eigenvalue weighted by Gasteiger charge is -1.99. The second kappa shape index (κ2) is 4.50. The van der Waals surface area contributed by atoms with Crippen molar-refractivity contribution in [3.8, 4) is 0 Å². The number of nitrogens with zero attached hydrogens (tertiary/aromatic N) is 3. The SMILES string of the molecule is Cc1nc(CNC(=O)c2n[nH]nc2N)sc1C. The predicted molar refractivity (Wildman–Crippen MR) is 63.6 cm³/mol. The summed E-state index contributed by atoms with van der Waals surface area (Å²) in [4.78, 5) is 17.1. The maximum absolute atomic E-state index is 11.7. The lowest BCUT2D eigenvalue weighted by atomic mass is 10.4. The van der Waals surface area contributed by atoms with Crippen LogP contribution in [-0.4, -0.2) is 26.3 Å². The Kier molecular flexibility index (Phi) is 3.05. The monoisotopic (exact) mass is 252 g/mol. The van der Waals surface area contributed by atoms with Crippen LogP contribution in [0.3, 0.4) is 0 Å². The Bertz CT molecular complexity index is 526. The van der Waals surface area contributed by atoms with Crippen LogP contribution in [0.4, 0.5) is 5.82 Å². The Morgan fingerprint density at radius 3 is 2.76 bits per heavy atom. The molecule has 0 saturated heterocycles. The standard InChI is InChI=1S/C9H12N6OS/c1-4-5(2)17-6(12-4)3-11-9(16)7-8(10)14-15-13-7/h3H2,1-2H3,(H,11,16)(H3,10,13,14,15). The fraction of sp³-hybridized carbons (Fsp3) is 0.333. The highest BCUT2D eigenvalue weighted by Crippen LogP contribution is 2.16. The number of aromatic nitrogens is 4. The van der Waals surface area contributed by atoms with Crippen molar-refractivity contribution >= 4 is 23.1 Å². The average molecular weight is 252 g/mol. The summed E-state index contributed by atoms with van der Waals surface area (Å²) in [6.07, 6.45) is 0. The molecule has 2 heterocycles. The highest BCUT2D eigenvalue weighted by molar-refractivity contribution is 7.11. The lowest BCUT2D eigenvalue weighted by Crippen LogP contribution is -2.24. The Morgan fingerprint density at radius 1 is 1.47 bits per heavy atom. The van der Waals surface area contributed by atoms with Crippen molar-refractivity contribution in [2.75, 3.05) is 5.73 Å². The van der Waals surface area contributed by atoms with Crippen molar-refractivity contribution in [1.82, 2.24) is 25.7 Å². The van der Waals surface area contributed by atoms with E-state index in [9.17, 15) is 4.79 Å². The molecular formula is C9H12N6OS. The van der Waals surface area contributed by atoms with Gasteiger partial charge in [0.05, 0.1) is 12.2 Å². The number of amides is 1. The number of H-pyrrole nitrogens is 1. The Balaban J connectivity index is 1.99. The van der Waals surface area contributed by atoms with E-state index in [1.807, 2.05) is 13.8 Å². The first kappa shape index (κ1) is 11.5. The van der Waals surface area contributed by atoms with E-state index in [4.69, 9.17) is 5.73 Å². The van der Waals surface area contributed by atoms with E-state index in [1.54, 1.807) is 11.3 Å². The van der Waals surface area contributed by atoms with Crippen LogP contribution in [0.2, 0.25) is 0 Å². The molecule has 2 rings (SSSR count). The molecule has 17 heavy (non-hydrogen) atoms. The quantitative estimate of drug-likeness (QED) is 0.732. The zero-order valence-corrected chi connectivity index (χ0v) is 10.3. The van der Waals surface area contributed by atoms with Gasteiger partial charge >= 0.3 is 0 Å². The van der Waals surface area contributed by atoms with E-state index in [0.29, 0.717) is 6.54 Å². The molecule has 0 fully saturated rings. The summed E-state index contributed by atoms with van der Waals surface area (Å²) in [6, 6.07) is 0. The third-order valence-electron chi connectivity index (χ3n) is 2.26. The maximum Gasteiger partial charge on any atom is 0.276 e. The fourth-order valence-corrected chi connectivity index (χ4v) is 2.13. The van der Waals surface area contributed by atoms with Crippen molar-refractivity contribution in [1.29, 1.82) is 0 Å². The second-order valence-electron chi connectivity index (χ2n) is 3.49. The van der Waals surface area contributed by atoms with E-state index in [0.717, 1.165) is 15.6 Å². The van der Waals surface area contributed by atoms with Gasteiger partial charge in [0.15, 0.2) is 11.5 Å². The van der Waals surface area contributed by atoms with E-state index >= 15 is 0 Å². The van der Waals surface area contributed by atoms with E-state index in [2.05, 4.69) is 25.7 Å². The van der Waals surface area contributed by atoms with Gasteiger partial charge in [-0.1, -0.05) is 0 Å². The molecule has 0 atom stereocenters. The number of carbonyl (C=O) groups is 1. The van der Waals surface area contributed by atoms with Gasteiger partial charge in [-0.15, -0.1) is 21.5 Å². The summed E-state index contributed by atoms with van der Waals surface area (Å²) < 4.78 is 0. The van der Waals surface area contributed by atoms with Gasteiger partial charge in [0.1, 0.15) is 5.01 Å². The molecule has 90 valence electrons. The molecular weight excluding hydrogens is 240 g/mol. The summed E-state index contributed by atoms with van der Waals surface area (Å²) in [5.41, 5.74) is 6.55. The van der Waals surface area contributed by atoms with Crippen LogP contribution in [0.5, 0.6) is 0 Å². The smallest absolute Gasteiger partial charge is 0.276 e. The van der Waals surface area contributed by atoms with Crippen LogP contribution in [0.15, 0.2) is 0 Å². The largest absolute Gasteiger partial charge is 0.380 e. The van der Waals surface area contributed by atoms with Gasteiger partial charge < -0.3 is 11.1 Å². The van der Waals surface area contributed by atoms with Gasteiger partial charge in [-0.05, 0) is 13.8 Å². The molecule has 7 nitrogen and oxygen atoms in total. The summed E-state index contributed by atoms with van der Waals surface area (Å²) in [6.45, 7) is 4.30. The molecule has 2 aromatic heterocycles. The molecule has 0 aromatic carbocycles. The number of nitrogens with two attached hydrogens (primary N) is 1. The molecule has 0 radical (unpaired) electrons. The van der Waals surface area contributed by atoms with E-state index < -0.39 is 0 Å². The molecule has 0 spiro atoms. The lowest BCUT2D eigenvalue weighted by molar-refractivity contribution is 0.0946. The van der Waals surface area contributed by atoms with Gasteiger partial charge in [-0.25, -0.2) is 4.98 Å². The number of anilines is 1. The summed E-state index contributed by atoms with van der Waals surface area (Å²) in [5, 5.41) is 13.1. The number of nitrogen functional groups attached to an aromatic ring is 1. The minimum Gasteiger partial charge on any atom is -0.380 e. The summed E-state index contributed by atoms with van der Waals surface area (Å²) in [5.74, 6) is -0.268. The van der Waals surface area contributed by atoms with Crippen LogP contribution in [0, 0.1) is 13.8 Å². The van der Waals surface area contributed by atoms with Crippen molar-refractivity contribution in [2.45, 2.75) is 20.4 Å². The van der Waals surface area contributed by atoms with Crippen molar-refractivity contribution in [3.63, 3.8) is 0 Å². The molecule has 4 N–H and O–H groups in total. The topological polar surface area (TPSA) is 110 Å². The maximum atomic E-state index is 11.7. The van der Waals surface area contributed by atoms with Crippen LogP contribution in [-0.2, 0) is 6.54 Å². The molecule has 0 aliphatic carbocycles. The highest BCUT2D eigenvalue weighted by Gasteiger charge is 2.14. The first-order valence-electron chi connectivity index (χ1n) is 4.95. The number of hydrogen-bond acceptors (Lipinski definition) is 6. The molecule has 0 bridgehead atoms. The molecule has 1 amide bonds. The number of carbonyl (C=O) groups excluding carboxylic acids is 1. The summed E-state index contributed by atoms with van der Waals surface area (Å²) in [7, 11) is 0. The molecule has 0 aliphatic rings. The predicted octanol–water partition coefficient (Wildman–Crippen LogP) is 0.390. The van der Waals surface area contributed by atoms with E-state index in [1.165, 1.54) is 0 Å². The number of hydrogen-bond donors (Lipinski definition) is 3. The van der Waals surface area contributed by atoms with Gasteiger partial charge in [0.25, 0.3) is 5.91 Å². The fourth-order valence-electron chi connectivity index (χ4n) is 1.26. The first-order valence-corrected chi connectivity index (χ1v) is 5.77. The molecule has 2 aromatic rings. The van der Waals surface area contributed by atoms with Crippen molar-refractivity contribution in [2.24, 2.45) is 0 Å². The minimum absolute atomic E-state index is 0.0917. The number of thiazole rings is 1. The number of rotatable bonds is 3. The van der Waals surface area contributed by atoms with Crippen molar-refractivity contribution in [3.05, 3.63) is 21.3 Å². The average Bonchev–Trinajstić information content (AvgIpc) is 2.83. The molecule has 0 saturated carbocycles. The number of aryl methyl sites for hydroxylation is 2. The normalized spacial score (nSPS) is 10.5. The first-order chi connectivity index (χ1) is 8.08. The number of aromatic amines is 1. The zero-order valence-electron chi connectivity index (χ0n) is 9.44. The van der Waals surface area contributed by atoms with Gasteiger partial charge in [0, 0.05) is 4.88 Å². The molecule has 0 unspecified atom stereocenters. The molecule has 0 aliphatic heterocycles. The van der Waals surface area contributed by atoms with Crippen LogP contribution in [0.25, 0.3) is 0 Å². The third-order valence-corrected chi connectivity index (χ3v) is 3.34. The third kappa shape index (κ3) is 2.41. The van der Waals surface area contributed by atoms with Crippen LogP contribution in [0.1, 0.15) is 26.1 Å². The summed E-state index contributed by atoms with van der Waals surface area (Å²) >= 11 is 1.56. The van der Waals surface area contributed by atoms with Crippen LogP contribution < -0.4 is 11.1 Å². The Morgan fingerprint density at radius 2 is 2.24 bits per heavy atom.